The van der Waals surface area contributed by atoms with Gasteiger partial charge in [0.1, 0.15) is 24.2 Å². The minimum absolute atomic E-state index is 0.0969. The highest BCUT2D eigenvalue weighted by Crippen LogP contribution is 2.21. The maximum atomic E-state index is 12.7. The molecule has 1 aromatic heterocycles. The lowest BCUT2D eigenvalue weighted by atomic mass is 9.94. The van der Waals surface area contributed by atoms with Gasteiger partial charge in [-0.15, -0.1) is 0 Å². The van der Waals surface area contributed by atoms with Gasteiger partial charge in [-0.1, -0.05) is 32.9 Å². The van der Waals surface area contributed by atoms with E-state index in [1.807, 2.05) is 20.8 Å². The van der Waals surface area contributed by atoms with Crippen LogP contribution in [0.4, 0.5) is 0 Å². The van der Waals surface area contributed by atoms with E-state index in [-0.39, 0.29) is 24.2 Å². The van der Waals surface area contributed by atoms with Crippen molar-refractivity contribution < 1.29 is 18.7 Å². The first-order valence-electron chi connectivity index (χ1n) is 9.59. The van der Waals surface area contributed by atoms with Crippen LogP contribution in [-0.4, -0.2) is 47.8 Å². The van der Waals surface area contributed by atoms with Crippen molar-refractivity contribution in [2.45, 2.75) is 27.4 Å². The number of benzene rings is 1. The third kappa shape index (κ3) is 4.77. The number of carbonyl (C=O) groups is 2. The van der Waals surface area contributed by atoms with Crippen molar-refractivity contribution >= 4 is 11.8 Å². The Morgan fingerprint density at radius 2 is 1.72 bits per heavy atom. The molecule has 1 fully saturated rings. The molecule has 1 aliphatic heterocycles. The number of carbonyl (C=O) groups excluding carboxylic acids is 2. The molecule has 2 amide bonds. The van der Waals surface area contributed by atoms with E-state index >= 15 is 0 Å². The lowest BCUT2D eigenvalue weighted by Gasteiger charge is -2.37. The zero-order valence-corrected chi connectivity index (χ0v) is 17.0. The van der Waals surface area contributed by atoms with Crippen molar-refractivity contribution in [1.82, 2.24) is 9.80 Å². The molecule has 0 atom stereocenters. The summed E-state index contributed by atoms with van der Waals surface area (Å²) in [6, 6.07) is 12.3. The number of nitrogens with zero attached hydrogens (tertiary/aromatic N) is 3. The number of hydrogen-bond acceptors (Lipinski definition) is 5. The van der Waals surface area contributed by atoms with Crippen LogP contribution in [0.25, 0.3) is 0 Å². The molecular weight excluding hydrogens is 370 g/mol. The molecule has 0 saturated carbocycles. The zero-order chi connectivity index (χ0) is 21.0. The third-order valence-electron chi connectivity index (χ3n) is 4.75. The number of para-hydroxylation sites is 1. The molecule has 0 spiro atoms. The van der Waals surface area contributed by atoms with Gasteiger partial charge in [0.15, 0.2) is 5.76 Å². The summed E-state index contributed by atoms with van der Waals surface area (Å²) in [6.45, 7) is 7.80. The molecule has 0 unspecified atom stereocenters. The van der Waals surface area contributed by atoms with Gasteiger partial charge in [0.05, 0.1) is 5.56 Å². The van der Waals surface area contributed by atoms with Gasteiger partial charge in [-0.3, -0.25) is 9.59 Å². The predicted octanol–water partition coefficient (Wildman–Crippen LogP) is 3.06. The van der Waals surface area contributed by atoms with Gasteiger partial charge in [0.25, 0.3) is 5.91 Å². The van der Waals surface area contributed by atoms with Crippen molar-refractivity contribution in [2.75, 3.05) is 26.2 Å². The first-order valence-corrected chi connectivity index (χ1v) is 9.59. The smallest absolute Gasteiger partial charge is 0.289 e. The summed E-state index contributed by atoms with van der Waals surface area (Å²) in [6.07, 6.45) is 0. The molecule has 1 saturated heterocycles. The Hall–Kier alpha value is -3.27. The van der Waals surface area contributed by atoms with Crippen LogP contribution in [0.3, 0.4) is 0 Å². The Morgan fingerprint density at radius 3 is 2.38 bits per heavy atom. The van der Waals surface area contributed by atoms with Crippen LogP contribution in [0.1, 0.15) is 42.6 Å². The average molecular weight is 395 g/mol. The summed E-state index contributed by atoms with van der Waals surface area (Å²) in [4.78, 5) is 28.6. The maximum absolute atomic E-state index is 12.7. The number of piperazine rings is 1. The van der Waals surface area contributed by atoms with Crippen LogP contribution in [0, 0.1) is 16.7 Å². The number of amides is 2. The van der Waals surface area contributed by atoms with Crippen LogP contribution in [0.15, 0.2) is 40.8 Å². The highest BCUT2D eigenvalue weighted by atomic mass is 16.5. The van der Waals surface area contributed by atoms with E-state index in [2.05, 4.69) is 6.07 Å². The SMILES string of the molecule is CC(C)(C)C(=O)N1CCN(C(=O)c2ccc(COc3ccccc3C#N)o2)CC1. The highest BCUT2D eigenvalue weighted by molar-refractivity contribution is 5.91. The summed E-state index contributed by atoms with van der Waals surface area (Å²) in [5.74, 6) is 1.12. The van der Waals surface area contributed by atoms with Crippen LogP contribution < -0.4 is 4.74 Å². The first kappa shape index (κ1) is 20.5. The quantitative estimate of drug-likeness (QED) is 0.794. The van der Waals surface area contributed by atoms with Gasteiger partial charge in [-0.05, 0) is 24.3 Å². The van der Waals surface area contributed by atoms with Gasteiger partial charge in [-0.25, -0.2) is 0 Å². The van der Waals surface area contributed by atoms with Gasteiger partial charge < -0.3 is 19.0 Å². The topological polar surface area (TPSA) is 86.8 Å². The van der Waals surface area contributed by atoms with Gasteiger partial charge in [0, 0.05) is 31.6 Å². The van der Waals surface area contributed by atoms with Crippen molar-refractivity contribution in [3.63, 3.8) is 0 Å². The van der Waals surface area contributed by atoms with E-state index < -0.39 is 5.41 Å². The van der Waals surface area contributed by atoms with Crippen molar-refractivity contribution in [1.29, 1.82) is 5.26 Å². The fourth-order valence-corrected chi connectivity index (χ4v) is 3.15. The lowest BCUT2D eigenvalue weighted by Crippen LogP contribution is -2.53. The second-order valence-electron chi connectivity index (χ2n) is 8.00. The van der Waals surface area contributed by atoms with Crippen molar-refractivity contribution in [3.05, 3.63) is 53.5 Å². The average Bonchev–Trinajstić information content (AvgIpc) is 3.20. The molecule has 0 radical (unpaired) electrons. The molecule has 2 aromatic rings. The molecule has 0 N–H and O–H groups in total. The monoisotopic (exact) mass is 395 g/mol. The van der Waals surface area contributed by atoms with E-state index in [9.17, 15) is 9.59 Å². The molecule has 152 valence electrons. The summed E-state index contributed by atoms with van der Waals surface area (Å²) in [5.41, 5.74) is 0.0183. The molecule has 0 aliphatic carbocycles. The molecule has 3 rings (SSSR count). The van der Waals surface area contributed by atoms with Gasteiger partial charge in [0.2, 0.25) is 5.91 Å². The summed E-state index contributed by atoms with van der Waals surface area (Å²) >= 11 is 0. The second kappa shape index (κ2) is 8.39. The normalized spacial score (nSPS) is 14.4. The number of rotatable bonds is 4. The van der Waals surface area contributed by atoms with E-state index in [0.717, 1.165) is 0 Å². The largest absolute Gasteiger partial charge is 0.484 e. The highest BCUT2D eigenvalue weighted by Gasteiger charge is 2.31. The Kier molecular flexibility index (Phi) is 5.92. The van der Waals surface area contributed by atoms with Crippen LogP contribution >= 0.6 is 0 Å². The van der Waals surface area contributed by atoms with E-state index in [1.54, 1.807) is 46.2 Å². The second-order valence-corrected chi connectivity index (χ2v) is 8.00. The number of hydrogen-bond donors (Lipinski definition) is 0. The maximum Gasteiger partial charge on any atom is 0.289 e. The minimum atomic E-state index is -0.424. The van der Waals surface area contributed by atoms with Crippen LogP contribution in [-0.2, 0) is 11.4 Å². The molecule has 1 aromatic carbocycles. The van der Waals surface area contributed by atoms with Gasteiger partial charge in [-0.2, -0.15) is 5.26 Å². The Labute approximate surface area is 170 Å². The molecular formula is C22H25N3O4. The minimum Gasteiger partial charge on any atom is -0.484 e. The van der Waals surface area contributed by atoms with Crippen molar-refractivity contribution in [2.24, 2.45) is 5.41 Å². The molecule has 7 nitrogen and oxygen atoms in total. The molecule has 0 bridgehead atoms. The summed E-state index contributed by atoms with van der Waals surface area (Å²) in [5, 5.41) is 9.11. The fraction of sp³-hybridized carbons (Fsp3) is 0.409. The fourth-order valence-electron chi connectivity index (χ4n) is 3.15. The summed E-state index contributed by atoms with van der Waals surface area (Å²) in [7, 11) is 0. The number of ether oxygens (including phenoxy) is 1. The van der Waals surface area contributed by atoms with Crippen LogP contribution in [0.2, 0.25) is 0 Å². The zero-order valence-electron chi connectivity index (χ0n) is 17.0. The molecule has 2 heterocycles. The predicted molar refractivity (Wildman–Crippen MR) is 106 cm³/mol. The van der Waals surface area contributed by atoms with Gasteiger partial charge >= 0.3 is 0 Å². The third-order valence-corrected chi connectivity index (χ3v) is 4.75. The summed E-state index contributed by atoms with van der Waals surface area (Å²) < 4.78 is 11.3. The Balaban J connectivity index is 1.56. The Bertz CT molecular complexity index is 928. The lowest BCUT2D eigenvalue weighted by molar-refractivity contribution is -0.140. The van der Waals surface area contributed by atoms with Crippen molar-refractivity contribution in [3.8, 4) is 11.8 Å². The van der Waals surface area contributed by atoms with E-state index in [0.29, 0.717) is 43.3 Å². The molecule has 1 aliphatic rings. The number of furan rings is 1. The molecule has 7 heteroatoms. The standard InChI is InChI=1S/C22H25N3O4/c1-22(2,3)21(27)25-12-10-24(11-13-25)20(26)19-9-8-17(29-19)15-28-18-7-5-4-6-16(18)14-23/h4-9H,10-13,15H2,1-3H3. The number of nitriles is 1. The molecule has 29 heavy (non-hydrogen) atoms. The first-order chi connectivity index (χ1) is 13.8. The van der Waals surface area contributed by atoms with E-state index in [1.165, 1.54) is 0 Å². The Morgan fingerprint density at radius 1 is 1.07 bits per heavy atom. The van der Waals surface area contributed by atoms with Crippen LogP contribution in [0.5, 0.6) is 5.75 Å². The van der Waals surface area contributed by atoms with E-state index in [4.69, 9.17) is 14.4 Å².